The van der Waals surface area contributed by atoms with Crippen LogP contribution in [0.5, 0.6) is 0 Å². The zero-order chi connectivity index (χ0) is 10.2. The molecule has 0 amide bonds. The van der Waals surface area contributed by atoms with Crippen LogP contribution in [0.1, 0.15) is 31.4 Å². The molecule has 3 heteroatoms. The molecule has 1 rings (SSSR count). The predicted molar refractivity (Wildman–Crippen MR) is 63.4 cm³/mol. The molecule has 1 aromatic rings. The fourth-order valence-electron chi connectivity index (χ4n) is 1.26. The molecule has 1 nitrogen and oxygen atoms in total. The number of hydrogen-bond donors (Lipinski definition) is 0. The standard InChI is InChI=1S/C11H17ClOS/c1-10-11(6-8-13-10)14-9-5-3-2-4-7-12/h6,8H,2-5,7,9H2,1H3. The SMILES string of the molecule is Cc1occc1SCCCCCCCl. The lowest BCUT2D eigenvalue weighted by molar-refractivity contribution is 0.527. The third-order valence-corrected chi connectivity index (χ3v) is 3.59. The zero-order valence-electron chi connectivity index (χ0n) is 8.59. The molecule has 0 N–H and O–H groups in total. The van der Waals surface area contributed by atoms with Gasteiger partial charge in [-0.3, -0.25) is 0 Å². The fraction of sp³-hybridized carbons (Fsp3) is 0.636. The molecule has 0 radical (unpaired) electrons. The van der Waals surface area contributed by atoms with Gasteiger partial charge in [-0.25, -0.2) is 0 Å². The van der Waals surface area contributed by atoms with Crippen LogP contribution in [0, 0.1) is 6.92 Å². The van der Waals surface area contributed by atoms with Gasteiger partial charge < -0.3 is 4.42 Å². The molecule has 0 atom stereocenters. The second-order valence-electron chi connectivity index (χ2n) is 3.29. The van der Waals surface area contributed by atoms with Crippen molar-refractivity contribution in [2.75, 3.05) is 11.6 Å². The van der Waals surface area contributed by atoms with Crippen LogP contribution in [-0.2, 0) is 0 Å². The molecule has 0 unspecified atom stereocenters. The van der Waals surface area contributed by atoms with Gasteiger partial charge >= 0.3 is 0 Å². The zero-order valence-corrected chi connectivity index (χ0v) is 10.2. The lowest BCUT2D eigenvalue weighted by Gasteiger charge is -1.99. The van der Waals surface area contributed by atoms with Crippen molar-refractivity contribution in [1.29, 1.82) is 0 Å². The minimum Gasteiger partial charge on any atom is -0.468 e. The summed E-state index contributed by atoms with van der Waals surface area (Å²) in [7, 11) is 0. The highest BCUT2D eigenvalue weighted by molar-refractivity contribution is 7.99. The van der Waals surface area contributed by atoms with Crippen LogP contribution < -0.4 is 0 Å². The van der Waals surface area contributed by atoms with Gasteiger partial charge in [0, 0.05) is 10.8 Å². The van der Waals surface area contributed by atoms with E-state index in [1.54, 1.807) is 6.26 Å². The summed E-state index contributed by atoms with van der Waals surface area (Å²) in [4.78, 5) is 1.28. The number of aryl methyl sites for hydroxylation is 1. The Morgan fingerprint density at radius 3 is 2.71 bits per heavy atom. The first kappa shape index (κ1) is 12.0. The molecule has 0 spiro atoms. The molecule has 0 saturated carbocycles. The Labute approximate surface area is 95.2 Å². The van der Waals surface area contributed by atoms with Crippen molar-refractivity contribution in [3.8, 4) is 0 Å². The predicted octanol–water partition coefficient (Wildman–Crippen LogP) is 4.48. The van der Waals surface area contributed by atoms with Crippen molar-refractivity contribution < 1.29 is 4.42 Å². The van der Waals surface area contributed by atoms with Crippen molar-refractivity contribution in [2.45, 2.75) is 37.5 Å². The summed E-state index contributed by atoms with van der Waals surface area (Å²) >= 11 is 7.48. The van der Waals surface area contributed by atoms with Gasteiger partial charge in [-0.05, 0) is 31.6 Å². The number of alkyl halides is 1. The molecule has 0 bridgehead atoms. The lowest BCUT2D eigenvalue weighted by Crippen LogP contribution is -1.82. The van der Waals surface area contributed by atoms with Crippen molar-refractivity contribution >= 4 is 23.4 Å². The highest BCUT2D eigenvalue weighted by Gasteiger charge is 2.00. The largest absolute Gasteiger partial charge is 0.468 e. The van der Waals surface area contributed by atoms with E-state index in [1.165, 1.54) is 29.9 Å². The summed E-state index contributed by atoms with van der Waals surface area (Å²) in [5.74, 6) is 3.02. The molecule has 0 aromatic carbocycles. The number of halogens is 1. The normalized spacial score (nSPS) is 10.7. The lowest BCUT2D eigenvalue weighted by atomic mass is 10.2. The molecular formula is C11H17ClOS. The molecule has 1 heterocycles. The number of rotatable bonds is 7. The Hall–Kier alpha value is -0.0800. The van der Waals surface area contributed by atoms with Gasteiger partial charge in [-0.1, -0.05) is 12.8 Å². The van der Waals surface area contributed by atoms with Crippen molar-refractivity contribution in [3.63, 3.8) is 0 Å². The first-order valence-electron chi connectivity index (χ1n) is 5.07. The smallest absolute Gasteiger partial charge is 0.114 e. The molecular weight excluding hydrogens is 216 g/mol. The topological polar surface area (TPSA) is 13.1 Å². The monoisotopic (exact) mass is 232 g/mol. The highest BCUT2D eigenvalue weighted by Crippen LogP contribution is 2.24. The van der Waals surface area contributed by atoms with Gasteiger partial charge in [0.05, 0.1) is 6.26 Å². The fourth-order valence-corrected chi connectivity index (χ4v) is 2.42. The Bertz CT molecular complexity index is 247. The van der Waals surface area contributed by atoms with E-state index in [1.807, 2.05) is 24.8 Å². The average Bonchev–Trinajstić information content (AvgIpc) is 2.58. The minimum absolute atomic E-state index is 0.800. The van der Waals surface area contributed by atoms with E-state index >= 15 is 0 Å². The third-order valence-electron chi connectivity index (χ3n) is 2.10. The summed E-state index contributed by atoms with van der Waals surface area (Å²) < 4.78 is 5.22. The van der Waals surface area contributed by atoms with Gasteiger partial charge in [0.15, 0.2) is 0 Å². The van der Waals surface area contributed by atoms with Crippen LogP contribution >= 0.6 is 23.4 Å². The summed E-state index contributed by atoms with van der Waals surface area (Å²) in [5, 5.41) is 0. The third kappa shape index (κ3) is 4.43. The molecule has 0 saturated heterocycles. The van der Waals surface area contributed by atoms with Crippen LogP contribution in [0.2, 0.25) is 0 Å². The average molecular weight is 233 g/mol. The maximum absolute atomic E-state index is 5.60. The molecule has 0 fully saturated rings. The summed E-state index contributed by atoms with van der Waals surface area (Å²) in [6.07, 6.45) is 6.72. The van der Waals surface area contributed by atoms with E-state index in [0.717, 1.165) is 18.1 Å². The highest BCUT2D eigenvalue weighted by atomic mass is 35.5. The van der Waals surface area contributed by atoms with Crippen LogP contribution in [0.4, 0.5) is 0 Å². The molecule has 80 valence electrons. The van der Waals surface area contributed by atoms with Gasteiger partial charge in [-0.15, -0.1) is 23.4 Å². The Balaban J connectivity index is 2.02. The van der Waals surface area contributed by atoms with Crippen molar-refractivity contribution in [1.82, 2.24) is 0 Å². The van der Waals surface area contributed by atoms with E-state index in [-0.39, 0.29) is 0 Å². The first-order valence-corrected chi connectivity index (χ1v) is 6.59. The van der Waals surface area contributed by atoms with Crippen molar-refractivity contribution in [3.05, 3.63) is 18.1 Å². The second kappa shape index (κ2) is 7.24. The van der Waals surface area contributed by atoms with E-state index < -0.39 is 0 Å². The second-order valence-corrected chi connectivity index (χ2v) is 4.81. The Morgan fingerprint density at radius 2 is 2.07 bits per heavy atom. The summed E-state index contributed by atoms with van der Waals surface area (Å²) in [5.41, 5.74) is 0. The minimum atomic E-state index is 0.800. The van der Waals surface area contributed by atoms with Crippen LogP contribution in [0.15, 0.2) is 21.6 Å². The first-order chi connectivity index (χ1) is 6.84. The van der Waals surface area contributed by atoms with Gasteiger partial charge in [0.2, 0.25) is 0 Å². The molecule has 0 aliphatic heterocycles. The van der Waals surface area contributed by atoms with Crippen LogP contribution in [0.25, 0.3) is 0 Å². The number of hydrogen-bond acceptors (Lipinski definition) is 2. The number of unbranched alkanes of at least 4 members (excludes halogenated alkanes) is 3. The molecule has 0 aliphatic carbocycles. The van der Waals surface area contributed by atoms with E-state index in [0.29, 0.717) is 0 Å². The number of furan rings is 1. The Morgan fingerprint density at radius 1 is 1.29 bits per heavy atom. The van der Waals surface area contributed by atoms with Crippen LogP contribution in [0.3, 0.4) is 0 Å². The van der Waals surface area contributed by atoms with E-state index in [4.69, 9.17) is 16.0 Å². The quantitative estimate of drug-likeness (QED) is 0.391. The van der Waals surface area contributed by atoms with Crippen LogP contribution in [-0.4, -0.2) is 11.6 Å². The molecule has 0 aliphatic rings. The van der Waals surface area contributed by atoms with Gasteiger partial charge in [-0.2, -0.15) is 0 Å². The van der Waals surface area contributed by atoms with E-state index in [9.17, 15) is 0 Å². The van der Waals surface area contributed by atoms with E-state index in [2.05, 4.69) is 0 Å². The molecule has 14 heavy (non-hydrogen) atoms. The maximum Gasteiger partial charge on any atom is 0.114 e. The Kier molecular flexibility index (Phi) is 6.20. The number of thioether (sulfide) groups is 1. The van der Waals surface area contributed by atoms with Gasteiger partial charge in [0.25, 0.3) is 0 Å². The molecule has 1 aromatic heterocycles. The van der Waals surface area contributed by atoms with Gasteiger partial charge in [0.1, 0.15) is 5.76 Å². The summed E-state index contributed by atoms with van der Waals surface area (Å²) in [6, 6.07) is 2.04. The summed E-state index contributed by atoms with van der Waals surface area (Å²) in [6.45, 7) is 2.01. The van der Waals surface area contributed by atoms with Crippen molar-refractivity contribution in [2.24, 2.45) is 0 Å². The maximum atomic E-state index is 5.60.